The average molecular weight is 399 g/mol. The van der Waals surface area contributed by atoms with E-state index in [1.165, 1.54) is 20.8 Å². The number of benzene rings is 2. The van der Waals surface area contributed by atoms with Crippen LogP contribution < -0.4 is 9.47 Å². The van der Waals surface area contributed by atoms with Crippen molar-refractivity contribution in [2.45, 2.75) is 20.8 Å². The minimum absolute atomic E-state index is 0.00764. The summed E-state index contributed by atoms with van der Waals surface area (Å²) in [6.07, 6.45) is 0. The van der Waals surface area contributed by atoms with Gasteiger partial charge in [0.05, 0.1) is 5.02 Å². The number of carboxylic acids is 1. The summed E-state index contributed by atoms with van der Waals surface area (Å²) in [5.41, 5.74) is -0.289. The van der Waals surface area contributed by atoms with E-state index in [2.05, 4.69) is 0 Å². The lowest BCUT2D eigenvalue weighted by Gasteiger charge is -2.17. The van der Waals surface area contributed by atoms with Gasteiger partial charge >= 0.3 is 11.9 Å². The first-order chi connectivity index (χ1) is 12.1. The zero-order valence-electron chi connectivity index (χ0n) is 13.7. The third-order valence-electron chi connectivity index (χ3n) is 4.22. The second-order valence-electron chi connectivity index (χ2n) is 5.73. The van der Waals surface area contributed by atoms with Gasteiger partial charge in [0.2, 0.25) is 0 Å². The molecule has 1 aliphatic heterocycles. The minimum Gasteiger partial charge on any atom is -0.507 e. The van der Waals surface area contributed by atoms with Crippen molar-refractivity contribution in [3.05, 3.63) is 37.9 Å². The molecule has 0 amide bonds. The van der Waals surface area contributed by atoms with Crippen LogP contribution in [0.15, 0.2) is 0 Å². The molecule has 1 heterocycles. The van der Waals surface area contributed by atoms with E-state index in [-0.39, 0.29) is 49.5 Å². The number of carbonyl (C=O) groups excluding carboxylic acids is 1. The summed E-state index contributed by atoms with van der Waals surface area (Å²) < 4.78 is 11.0. The molecule has 3 N–H and O–H groups in total. The Morgan fingerprint density at radius 1 is 0.846 bits per heavy atom. The Bertz CT molecular complexity index is 1010. The van der Waals surface area contributed by atoms with Gasteiger partial charge in [0.1, 0.15) is 21.9 Å². The molecule has 0 saturated carbocycles. The number of carbonyl (C=O) groups is 2. The van der Waals surface area contributed by atoms with E-state index >= 15 is 0 Å². The lowest BCUT2D eigenvalue weighted by molar-refractivity contribution is 0.0692. The van der Waals surface area contributed by atoms with Crippen molar-refractivity contribution >= 4 is 35.1 Å². The average Bonchev–Trinajstić information content (AvgIpc) is 2.73. The normalized spacial score (nSPS) is 12.6. The number of fused-ring (bicyclic) bond motifs is 2. The van der Waals surface area contributed by atoms with E-state index in [9.17, 15) is 24.9 Å². The van der Waals surface area contributed by atoms with Gasteiger partial charge in [-0.3, -0.25) is 0 Å². The number of aromatic carboxylic acids is 1. The van der Waals surface area contributed by atoms with E-state index in [1.54, 1.807) is 0 Å². The van der Waals surface area contributed by atoms with Gasteiger partial charge in [-0.05, 0) is 26.3 Å². The molecule has 0 spiro atoms. The van der Waals surface area contributed by atoms with E-state index in [0.29, 0.717) is 0 Å². The standard InChI is InChI=1S/C17H12Cl2O7/c1-4-8-15(10(19)12(21)9(4)18)25-13-5(2)7(16(22)23)11(20)6(3)14(13)26-17(8)24/h20-21H,1-3H3,(H,22,23). The third-order valence-corrected chi connectivity index (χ3v) is 5.03. The Morgan fingerprint density at radius 2 is 1.42 bits per heavy atom. The molecular weight excluding hydrogens is 387 g/mol. The molecule has 2 aromatic rings. The predicted molar refractivity (Wildman–Crippen MR) is 92.4 cm³/mol. The fourth-order valence-corrected chi connectivity index (χ4v) is 3.26. The Balaban J connectivity index is 2.41. The first kappa shape index (κ1) is 18.2. The van der Waals surface area contributed by atoms with Crippen LogP contribution in [0, 0.1) is 20.8 Å². The number of esters is 1. The molecule has 1 aliphatic rings. The first-order valence-corrected chi connectivity index (χ1v) is 8.03. The number of aromatic hydroxyl groups is 2. The molecule has 0 bridgehead atoms. The molecule has 7 nitrogen and oxygen atoms in total. The maximum atomic E-state index is 12.6. The molecule has 3 rings (SSSR count). The number of carboxylic acid groups (broad SMARTS) is 1. The van der Waals surface area contributed by atoms with E-state index in [4.69, 9.17) is 32.7 Å². The number of hydrogen-bond donors (Lipinski definition) is 3. The van der Waals surface area contributed by atoms with Gasteiger partial charge < -0.3 is 24.8 Å². The largest absolute Gasteiger partial charge is 0.507 e. The van der Waals surface area contributed by atoms with Gasteiger partial charge in [-0.25, -0.2) is 9.59 Å². The summed E-state index contributed by atoms with van der Waals surface area (Å²) in [4.78, 5) is 24.1. The monoisotopic (exact) mass is 398 g/mol. The lowest BCUT2D eigenvalue weighted by atomic mass is 10.0. The Hall–Kier alpha value is -2.64. The van der Waals surface area contributed by atoms with Crippen LogP contribution in [-0.4, -0.2) is 27.3 Å². The molecule has 0 unspecified atom stereocenters. The molecule has 0 fully saturated rings. The van der Waals surface area contributed by atoms with Crippen molar-refractivity contribution in [1.29, 1.82) is 0 Å². The maximum absolute atomic E-state index is 12.6. The lowest BCUT2D eigenvalue weighted by Crippen LogP contribution is -2.11. The second-order valence-corrected chi connectivity index (χ2v) is 6.49. The first-order valence-electron chi connectivity index (χ1n) is 7.27. The molecule has 0 radical (unpaired) electrons. The molecule has 26 heavy (non-hydrogen) atoms. The number of hydrogen-bond acceptors (Lipinski definition) is 6. The summed E-state index contributed by atoms with van der Waals surface area (Å²) in [6.45, 7) is 4.24. The molecule has 2 aromatic carbocycles. The number of phenolic OH excluding ortho intramolecular Hbond substituents is 1. The van der Waals surface area contributed by atoms with Crippen LogP contribution >= 0.6 is 23.2 Å². The van der Waals surface area contributed by atoms with Crippen LogP contribution in [0.1, 0.15) is 37.4 Å². The zero-order valence-corrected chi connectivity index (χ0v) is 15.2. The van der Waals surface area contributed by atoms with Crippen molar-refractivity contribution in [3.63, 3.8) is 0 Å². The Kier molecular flexibility index (Phi) is 4.17. The van der Waals surface area contributed by atoms with Crippen molar-refractivity contribution in [2.75, 3.05) is 0 Å². The van der Waals surface area contributed by atoms with Crippen LogP contribution in [0.5, 0.6) is 28.7 Å². The fourth-order valence-electron chi connectivity index (χ4n) is 2.79. The summed E-state index contributed by atoms with van der Waals surface area (Å²) in [5, 5.41) is 29.1. The second kappa shape index (κ2) is 5.96. The molecule has 0 saturated heterocycles. The van der Waals surface area contributed by atoms with Gasteiger partial charge in [-0.15, -0.1) is 0 Å². The number of rotatable bonds is 1. The molecule has 9 heteroatoms. The van der Waals surface area contributed by atoms with Crippen LogP contribution in [-0.2, 0) is 0 Å². The van der Waals surface area contributed by atoms with Crippen LogP contribution in [0.4, 0.5) is 0 Å². The number of phenols is 2. The summed E-state index contributed by atoms with van der Waals surface area (Å²) in [7, 11) is 0. The third kappa shape index (κ3) is 2.35. The van der Waals surface area contributed by atoms with Crippen molar-refractivity contribution in [2.24, 2.45) is 0 Å². The summed E-state index contributed by atoms with van der Waals surface area (Å²) >= 11 is 12.1. The van der Waals surface area contributed by atoms with Crippen LogP contribution in [0.3, 0.4) is 0 Å². The SMILES string of the molecule is Cc1c(O)c(C(=O)O)c(C)c2c1OC(=O)c1c(C)c(Cl)c(O)c(Cl)c1O2. The van der Waals surface area contributed by atoms with Crippen LogP contribution in [0.2, 0.25) is 10.0 Å². The number of halogens is 2. The highest BCUT2D eigenvalue weighted by atomic mass is 35.5. The highest BCUT2D eigenvalue weighted by Gasteiger charge is 2.35. The quantitative estimate of drug-likeness (QED) is 0.483. The van der Waals surface area contributed by atoms with E-state index < -0.39 is 29.0 Å². The van der Waals surface area contributed by atoms with Crippen molar-refractivity contribution < 1.29 is 34.4 Å². The van der Waals surface area contributed by atoms with E-state index in [1.807, 2.05) is 0 Å². The minimum atomic E-state index is -1.38. The molecular formula is C17H12Cl2O7. The van der Waals surface area contributed by atoms with Gasteiger partial charge in [-0.1, -0.05) is 23.2 Å². The molecule has 0 aromatic heterocycles. The summed E-state index contributed by atoms with van der Waals surface area (Å²) in [6, 6.07) is 0. The fraction of sp³-hybridized carbons (Fsp3) is 0.176. The maximum Gasteiger partial charge on any atom is 0.347 e. The highest BCUT2D eigenvalue weighted by molar-refractivity contribution is 6.39. The molecule has 0 atom stereocenters. The van der Waals surface area contributed by atoms with Crippen molar-refractivity contribution in [3.8, 4) is 28.7 Å². The topological polar surface area (TPSA) is 113 Å². The van der Waals surface area contributed by atoms with Gasteiger partial charge in [0.15, 0.2) is 23.0 Å². The van der Waals surface area contributed by atoms with Gasteiger partial charge in [-0.2, -0.15) is 0 Å². The van der Waals surface area contributed by atoms with Gasteiger partial charge in [0, 0.05) is 11.1 Å². The zero-order chi connectivity index (χ0) is 19.5. The van der Waals surface area contributed by atoms with Crippen molar-refractivity contribution in [1.82, 2.24) is 0 Å². The predicted octanol–water partition coefficient (Wildman–Crippen LogP) is 4.35. The van der Waals surface area contributed by atoms with E-state index in [0.717, 1.165) is 0 Å². The number of ether oxygens (including phenoxy) is 2. The highest BCUT2D eigenvalue weighted by Crippen LogP contribution is 2.52. The molecule has 0 aliphatic carbocycles. The molecule has 136 valence electrons. The smallest absolute Gasteiger partial charge is 0.347 e. The van der Waals surface area contributed by atoms with Crippen LogP contribution in [0.25, 0.3) is 0 Å². The summed E-state index contributed by atoms with van der Waals surface area (Å²) in [5.74, 6) is -3.73. The van der Waals surface area contributed by atoms with Gasteiger partial charge in [0.25, 0.3) is 0 Å². The Labute approximate surface area is 157 Å². The Morgan fingerprint density at radius 3 is 2.00 bits per heavy atom.